The monoisotopic (exact) mass is 339 g/mol. The van der Waals surface area contributed by atoms with Crippen LogP contribution in [0.4, 0.5) is 28.4 Å². The summed E-state index contributed by atoms with van der Waals surface area (Å²) in [5.41, 5.74) is 15.6. The summed E-state index contributed by atoms with van der Waals surface area (Å²) in [6, 6.07) is 21.6. The van der Waals surface area contributed by atoms with Crippen molar-refractivity contribution in [2.45, 2.75) is 4.90 Å². The first-order chi connectivity index (χ1) is 11.5. The zero-order valence-corrected chi connectivity index (χ0v) is 13.7. The zero-order valence-electron chi connectivity index (χ0n) is 12.8. The van der Waals surface area contributed by atoms with Gasteiger partial charge in [0.2, 0.25) is 0 Å². The second-order valence-electron chi connectivity index (χ2n) is 5.29. The molecule has 0 aromatic heterocycles. The molecular weight excluding hydrogens is 322 g/mol. The van der Waals surface area contributed by atoms with E-state index in [1.165, 1.54) is 0 Å². The summed E-state index contributed by atoms with van der Waals surface area (Å²) in [5, 5.41) is 0. The molecule has 0 aliphatic heterocycles. The van der Waals surface area contributed by atoms with Crippen LogP contribution in [0.1, 0.15) is 0 Å². The van der Waals surface area contributed by atoms with Crippen molar-refractivity contribution in [3.8, 4) is 0 Å². The third-order valence-corrected chi connectivity index (χ3v) is 4.34. The second kappa shape index (κ2) is 6.64. The Morgan fingerprint density at radius 3 is 1.25 bits per heavy atom. The van der Waals surface area contributed by atoms with Crippen molar-refractivity contribution in [3.05, 3.63) is 72.8 Å². The summed E-state index contributed by atoms with van der Waals surface area (Å²) < 4.78 is 22.2. The maximum Gasteiger partial charge on any atom is 0.168 e. The molecule has 0 saturated carbocycles. The van der Waals surface area contributed by atoms with Crippen LogP contribution in [0.25, 0.3) is 0 Å². The fourth-order valence-electron chi connectivity index (χ4n) is 2.42. The SMILES string of the molecule is Nc1ccc(N(c2ccc(N)cc2)c2ccc([SH](=O)=O)cc2)cc1. The highest BCUT2D eigenvalue weighted by Gasteiger charge is 2.12. The van der Waals surface area contributed by atoms with Gasteiger partial charge in [-0.15, -0.1) is 0 Å². The first-order valence-electron chi connectivity index (χ1n) is 7.30. The van der Waals surface area contributed by atoms with E-state index in [-0.39, 0.29) is 4.90 Å². The van der Waals surface area contributed by atoms with Gasteiger partial charge in [-0.2, -0.15) is 0 Å². The van der Waals surface area contributed by atoms with E-state index >= 15 is 0 Å². The summed E-state index contributed by atoms with van der Waals surface area (Å²) in [6.07, 6.45) is 0. The first-order valence-corrected chi connectivity index (χ1v) is 8.48. The molecule has 0 aliphatic carbocycles. The number of thiol groups is 1. The Kier molecular flexibility index (Phi) is 4.39. The van der Waals surface area contributed by atoms with Crippen molar-refractivity contribution < 1.29 is 8.42 Å². The lowest BCUT2D eigenvalue weighted by atomic mass is 10.2. The quantitative estimate of drug-likeness (QED) is 0.501. The van der Waals surface area contributed by atoms with Crippen LogP contribution in [-0.4, -0.2) is 8.42 Å². The number of benzene rings is 3. The highest BCUT2D eigenvalue weighted by atomic mass is 32.2. The molecule has 3 rings (SSSR count). The molecular formula is C18H17N3O2S. The highest BCUT2D eigenvalue weighted by Crippen LogP contribution is 2.35. The summed E-state index contributed by atoms with van der Waals surface area (Å²) in [6.45, 7) is 0. The topological polar surface area (TPSA) is 89.4 Å². The number of anilines is 5. The number of hydrogen-bond acceptors (Lipinski definition) is 5. The molecule has 0 bridgehead atoms. The van der Waals surface area contributed by atoms with E-state index in [9.17, 15) is 8.42 Å². The lowest BCUT2D eigenvalue weighted by molar-refractivity contribution is 0.614. The van der Waals surface area contributed by atoms with E-state index in [4.69, 9.17) is 11.5 Å². The van der Waals surface area contributed by atoms with Crippen molar-refractivity contribution in [1.29, 1.82) is 0 Å². The van der Waals surface area contributed by atoms with Gasteiger partial charge in [0.1, 0.15) is 0 Å². The van der Waals surface area contributed by atoms with Gasteiger partial charge in [0, 0.05) is 28.4 Å². The summed E-state index contributed by atoms with van der Waals surface area (Å²) in [7, 11) is -2.60. The fourth-order valence-corrected chi connectivity index (χ4v) is 2.81. The minimum Gasteiger partial charge on any atom is -0.399 e. The molecule has 0 unspecified atom stereocenters. The van der Waals surface area contributed by atoms with Gasteiger partial charge in [0.15, 0.2) is 10.7 Å². The molecule has 122 valence electrons. The molecule has 0 fully saturated rings. The summed E-state index contributed by atoms with van der Waals surface area (Å²) in [5.74, 6) is 0. The van der Waals surface area contributed by atoms with Gasteiger partial charge in [-0.05, 0) is 72.8 Å². The third kappa shape index (κ3) is 3.33. The van der Waals surface area contributed by atoms with Gasteiger partial charge in [-0.25, -0.2) is 8.42 Å². The zero-order chi connectivity index (χ0) is 17.1. The van der Waals surface area contributed by atoms with Gasteiger partial charge in [0.05, 0.1) is 4.90 Å². The number of nitrogens with zero attached hydrogens (tertiary/aromatic N) is 1. The van der Waals surface area contributed by atoms with Crippen LogP contribution in [0, 0.1) is 0 Å². The Morgan fingerprint density at radius 2 is 0.917 bits per heavy atom. The molecule has 6 heteroatoms. The molecule has 5 nitrogen and oxygen atoms in total. The first kappa shape index (κ1) is 15.9. The minimum atomic E-state index is -2.60. The molecule has 0 amide bonds. The predicted molar refractivity (Wildman–Crippen MR) is 98.5 cm³/mol. The van der Waals surface area contributed by atoms with Crippen LogP contribution >= 0.6 is 0 Å². The number of rotatable bonds is 4. The van der Waals surface area contributed by atoms with Crippen molar-refractivity contribution in [2.24, 2.45) is 0 Å². The fraction of sp³-hybridized carbons (Fsp3) is 0. The van der Waals surface area contributed by atoms with E-state index in [1.807, 2.05) is 53.4 Å². The average Bonchev–Trinajstić information content (AvgIpc) is 2.59. The molecule has 4 N–H and O–H groups in total. The summed E-state index contributed by atoms with van der Waals surface area (Å²) in [4.78, 5) is 2.28. The van der Waals surface area contributed by atoms with Crippen LogP contribution in [0.15, 0.2) is 77.7 Å². The Morgan fingerprint density at radius 1 is 0.583 bits per heavy atom. The molecule has 3 aromatic carbocycles. The molecule has 3 aromatic rings. The molecule has 0 aliphatic rings. The van der Waals surface area contributed by atoms with E-state index < -0.39 is 10.7 Å². The predicted octanol–water partition coefficient (Wildman–Crippen LogP) is 3.29. The number of nitrogen functional groups attached to an aromatic ring is 2. The number of hydrogen-bond donors (Lipinski definition) is 3. The molecule has 0 radical (unpaired) electrons. The van der Waals surface area contributed by atoms with Crippen LogP contribution in [0.2, 0.25) is 0 Å². The van der Waals surface area contributed by atoms with Crippen LogP contribution in [0.3, 0.4) is 0 Å². The molecule has 0 heterocycles. The lowest BCUT2D eigenvalue weighted by Gasteiger charge is -2.25. The van der Waals surface area contributed by atoms with Crippen molar-refractivity contribution in [1.82, 2.24) is 0 Å². The second-order valence-corrected chi connectivity index (χ2v) is 6.32. The standard InChI is InChI=1S/C18H17N3O2S/c19-13-1-5-15(6-2-13)21(16-7-3-14(20)4-8-16)17-9-11-18(12-10-17)24(22)23/h1-12,24H,19-20H2. The third-order valence-electron chi connectivity index (χ3n) is 3.62. The Balaban J connectivity index is 2.10. The molecule has 0 spiro atoms. The van der Waals surface area contributed by atoms with Crippen molar-refractivity contribution in [3.63, 3.8) is 0 Å². The van der Waals surface area contributed by atoms with E-state index in [2.05, 4.69) is 0 Å². The molecule has 0 atom stereocenters. The Hall–Kier alpha value is -2.99. The average molecular weight is 339 g/mol. The molecule has 0 saturated heterocycles. The Bertz CT molecular complexity index is 849. The van der Waals surface area contributed by atoms with Crippen molar-refractivity contribution in [2.75, 3.05) is 16.4 Å². The number of nitrogens with two attached hydrogens (primary N) is 2. The van der Waals surface area contributed by atoms with E-state index in [0.717, 1.165) is 17.1 Å². The van der Waals surface area contributed by atoms with Gasteiger partial charge < -0.3 is 16.4 Å². The lowest BCUT2D eigenvalue weighted by Crippen LogP contribution is -2.10. The Labute approximate surface area is 142 Å². The summed E-state index contributed by atoms with van der Waals surface area (Å²) >= 11 is 0. The normalized spacial score (nSPS) is 10.7. The highest BCUT2D eigenvalue weighted by molar-refractivity contribution is 7.72. The smallest absolute Gasteiger partial charge is 0.168 e. The van der Waals surface area contributed by atoms with Gasteiger partial charge >= 0.3 is 0 Å². The van der Waals surface area contributed by atoms with Crippen LogP contribution < -0.4 is 16.4 Å². The maximum absolute atomic E-state index is 11.1. The molecule has 24 heavy (non-hydrogen) atoms. The van der Waals surface area contributed by atoms with E-state index in [1.54, 1.807) is 24.3 Å². The maximum atomic E-state index is 11.1. The van der Waals surface area contributed by atoms with Gasteiger partial charge in [-0.3, -0.25) is 0 Å². The van der Waals surface area contributed by atoms with Crippen LogP contribution in [0.5, 0.6) is 0 Å². The van der Waals surface area contributed by atoms with Crippen molar-refractivity contribution >= 4 is 39.1 Å². The van der Waals surface area contributed by atoms with Gasteiger partial charge in [0.25, 0.3) is 0 Å². The van der Waals surface area contributed by atoms with Crippen LogP contribution in [-0.2, 0) is 10.7 Å². The largest absolute Gasteiger partial charge is 0.399 e. The van der Waals surface area contributed by atoms with E-state index in [0.29, 0.717) is 11.4 Å². The van der Waals surface area contributed by atoms with Gasteiger partial charge in [-0.1, -0.05) is 0 Å². The minimum absolute atomic E-state index is 0.281.